The minimum Gasteiger partial charge on any atom is -0.496 e. The molecule has 0 heterocycles. The van der Waals surface area contributed by atoms with Crippen LogP contribution in [0.15, 0.2) is 54.6 Å². The summed E-state index contributed by atoms with van der Waals surface area (Å²) in [6.45, 7) is 7.79. The molecule has 0 saturated carbocycles. The van der Waals surface area contributed by atoms with Gasteiger partial charge in [0.05, 0.1) is 19.9 Å². The van der Waals surface area contributed by atoms with Crippen LogP contribution in [0.1, 0.15) is 38.8 Å². The highest BCUT2D eigenvalue weighted by Gasteiger charge is 2.35. The van der Waals surface area contributed by atoms with Gasteiger partial charge in [-0.3, -0.25) is 4.79 Å². The molecular weight excluding hydrogens is 378 g/mol. The van der Waals surface area contributed by atoms with Gasteiger partial charge in [-0.25, -0.2) is 0 Å². The Balaban J connectivity index is 2.03. The molecule has 0 radical (unpaired) electrons. The van der Waals surface area contributed by atoms with Crippen LogP contribution in [0, 0.1) is 0 Å². The normalized spacial score (nSPS) is 13.6. The van der Waals surface area contributed by atoms with Gasteiger partial charge in [0.15, 0.2) is 5.60 Å². The number of ether oxygens (including phenoxy) is 2. The maximum atomic E-state index is 13.2. The molecule has 0 aliphatic heterocycles. The topological polar surface area (TPSA) is 67.8 Å². The third-order valence-corrected chi connectivity index (χ3v) is 5.38. The SMILES string of the molecule is COc1ccc(C(C)(C)C)cc1NC(=O)C(C)(O)c1ccc(OC)c2ccccc12. The molecule has 30 heavy (non-hydrogen) atoms. The Morgan fingerprint density at radius 1 is 0.867 bits per heavy atom. The van der Waals surface area contributed by atoms with Crippen molar-refractivity contribution < 1.29 is 19.4 Å². The van der Waals surface area contributed by atoms with E-state index in [1.165, 1.54) is 6.92 Å². The second-order valence-electron chi connectivity index (χ2n) is 8.55. The number of carbonyl (C=O) groups excluding carboxylic acids is 1. The highest BCUT2D eigenvalue weighted by atomic mass is 16.5. The van der Waals surface area contributed by atoms with Gasteiger partial charge in [0.25, 0.3) is 5.91 Å². The molecule has 0 fully saturated rings. The van der Waals surface area contributed by atoms with Crippen molar-refractivity contribution in [1.29, 1.82) is 0 Å². The number of aliphatic hydroxyl groups is 1. The van der Waals surface area contributed by atoms with Crippen LogP contribution in [0.2, 0.25) is 0 Å². The fourth-order valence-corrected chi connectivity index (χ4v) is 3.51. The van der Waals surface area contributed by atoms with E-state index in [4.69, 9.17) is 9.47 Å². The smallest absolute Gasteiger partial charge is 0.260 e. The minimum absolute atomic E-state index is 0.0968. The van der Waals surface area contributed by atoms with Crippen LogP contribution in [0.3, 0.4) is 0 Å². The van der Waals surface area contributed by atoms with E-state index < -0.39 is 11.5 Å². The summed E-state index contributed by atoms with van der Waals surface area (Å²) >= 11 is 0. The number of methoxy groups -OCH3 is 2. The summed E-state index contributed by atoms with van der Waals surface area (Å²) in [5.74, 6) is 0.680. The van der Waals surface area contributed by atoms with Crippen molar-refractivity contribution in [3.63, 3.8) is 0 Å². The van der Waals surface area contributed by atoms with E-state index in [0.29, 0.717) is 22.7 Å². The first-order chi connectivity index (χ1) is 14.1. The number of benzene rings is 3. The number of fused-ring (bicyclic) bond motifs is 1. The minimum atomic E-state index is -1.77. The van der Waals surface area contributed by atoms with Crippen molar-refractivity contribution in [2.75, 3.05) is 19.5 Å². The van der Waals surface area contributed by atoms with Gasteiger partial charge in [0.1, 0.15) is 11.5 Å². The number of nitrogens with one attached hydrogen (secondary N) is 1. The lowest BCUT2D eigenvalue weighted by Gasteiger charge is -2.26. The molecule has 5 heteroatoms. The molecular formula is C25H29NO4. The predicted octanol–water partition coefficient (Wildman–Crippen LogP) is 5.00. The maximum Gasteiger partial charge on any atom is 0.260 e. The molecule has 1 unspecified atom stereocenters. The Kier molecular flexibility index (Phi) is 5.77. The predicted molar refractivity (Wildman–Crippen MR) is 120 cm³/mol. The molecule has 0 bridgehead atoms. The van der Waals surface area contributed by atoms with Gasteiger partial charge in [-0.2, -0.15) is 0 Å². The molecule has 0 aliphatic rings. The van der Waals surface area contributed by atoms with Gasteiger partial charge >= 0.3 is 0 Å². The summed E-state index contributed by atoms with van der Waals surface area (Å²) < 4.78 is 10.8. The summed E-state index contributed by atoms with van der Waals surface area (Å²) in [6, 6.07) is 16.7. The van der Waals surface area contributed by atoms with Crippen LogP contribution in [0.5, 0.6) is 11.5 Å². The van der Waals surface area contributed by atoms with Crippen molar-refractivity contribution >= 4 is 22.4 Å². The number of amides is 1. The van der Waals surface area contributed by atoms with E-state index >= 15 is 0 Å². The van der Waals surface area contributed by atoms with Crippen molar-refractivity contribution in [1.82, 2.24) is 0 Å². The highest BCUT2D eigenvalue weighted by Crippen LogP contribution is 2.36. The molecule has 0 aromatic heterocycles. The van der Waals surface area contributed by atoms with Crippen molar-refractivity contribution in [2.24, 2.45) is 0 Å². The van der Waals surface area contributed by atoms with E-state index in [0.717, 1.165) is 16.3 Å². The quantitative estimate of drug-likeness (QED) is 0.624. The Hall–Kier alpha value is -3.05. The van der Waals surface area contributed by atoms with Crippen LogP contribution in [0.4, 0.5) is 5.69 Å². The number of carbonyl (C=O) groups is 1. The van der Waals surface area contributed by atoms with Crippen molar-refractivity contribution in [3.05, 3.63) is 65.7 Å². The second kappa shape index (κ2) is 8.00. The monoisotopic (exact) mass is 407 g/mol. The van der Waals surface area contributed by atoms with E-state index in [1.54, 1.807) is 26.4 Å². The summed E-state index contributed by atoms with van der Waals surface area (Å²) in [4.78, 5) is 13.2. The molecule has 3 rings (SSSR count). The van der Waals surface area contributed by atoms with Crippen LogP contribution in [-0.4, -0.2) is 25.2 Å². The summed E-state index contributed by atoms with van der Waals surface area (Å²) in [6.07, 6.45) is 0. The molecule has 3 aromatic rings. The summed E-state index contributed by atoms with van der Waals surface area (Å²) in [7, 11) is 3.15. The Morgan fingerprint density at radius 2 is 1.47 bits per heavy atom. The second-order valence-corrected chi connectivity index (χ2v) is 8.55. The fraction of sp³-hybridized carbons (Fsp3) is 0.320. The van der Waals surface area contributed by atoms with Gasteiger partial charge in [-0.1, -0.05) is 57.2 Å². The average Bonchev–Trinajstić information content (AvgIpc) is 2.72. The molecule has 0 aliphatic carbocycles. The van der Waals surface area contributed by atoms with Crippen LogP contribution in [-0.2, 0) is 15.8 Å². The molecule has 158 valence electrons. The Bertz CT molecular complexity index is 1080. The summed E-state index contributed by atoms with van der Waals surface area (Å²) in [5, 5.41) is 15.7. The number of hydrogen-bond acceptors (Lipinski definition) is 4. The molecule has 0 saturated heterocycles. The molecule has 3 aromatic carbocycles. The number of hydrogen-bond donors (Lipinski definition) is 2. The molecule has 1 amide bonds. The Morgan fingerprint density at radius 3 is 2.07 bits per heavy atom. The standard InChI is InChI=1S/C25H29NO4/c1-24(2,3)16-11-13-22(30-6)20(15-16)26-23(27)25(4,28)19-12-14-21(29-5)18-10-8-7-9-17(18)19/h7-15,28H,1-6H3,(H,26,27). The van der Waals surface area contributed by atoms with Crippen LogP contribution >= 0.6 is 0 Å². The zero-order chi connectivity index (χ0) is 22.1. The maximum absolute atomic E-state index is 13.2. The molecule has 5 nitrogen and oxygen atoms in total. The van der Waals surface area contributed by atoms with Crippen LogP contribution < -0.4 is 14.8 Å². The van der Waals surface area contributed by atoms with Gasteiger partial charge in [0.2, 0.25) is 0 Å². The average molecular weight is 408 g/mol. The number of anilines is 1. The van der Waals surface area contributed by atoms with Gasteiger partial charge in [0, 0.05) is 10.9 Å². The lowest BCUT2D eigenvalue weighted by Crippen LogP contribution is -2.37. The summed E-state index contributed by atoms with van der Waals surface area (Å²) in [5.41, 5.74) is 0.207. The number of rotatable bonds is 5. The first-order valence-electron chi connectivity index (χ1n) is 9.88. The fourth-order valence-electron chi connectivity index (χ4n) is 3.51. The Labute approximate surface area is 177 Å². The van der Waals surface area contributed by atoms with Crippen molar-refractivity contribution in [3.8, 4) is 11.5 Å². The zero-order valence-electron chi connectivity index (χ0n) is 18.4. The third-order valence-electron chi connectivity index (χ3n) is 5.38. The highest BCUT2D eigenvalue weighted by molar-refractivity contribution is 6.02. The molecule has 1 atom stereocenters. The van der Waals surface area contributed by atoms with E-state index in [2.05, 4.69) is 26.1 Å². The zero-order valence-corrected chi connectivity index (χ0v) is 18.4. The molecule has 2 N–H and O–H groups in total. The third kappa shape index (κ3) is 3.98. The lowest BCUT2D eigenvalue weighted by molar-refractivity contribution is -0.133. The largest absolute Gasteiger partial charge is 0.496 e. The lowest BCUT2D eigenvalue weighted by atomic mass is 9.86. The molecule has 0 spiro atoms. The van der Waals surface area contributed by atoms with E-state index in [1.807, 2.05) is 42.5 Å². The van der Waals surface area contributed by atoms with E-state index in [-0.39, 0.29) is 5.41 Å². The first-order valence-corrected chi connectivity index (χ1v) is 9.88. The van der Waals surface area contributed by atoms with Crippen LogP contribution in [0.25, 0.3) is 10.8 Å². The first kappa shape index (κ1) is 21.7. The van der Waals surface area contributed by atoms with E-state index in [9.17, 15) is 9.90 Å². The van der Waals surface area contributed by atoms with Crippen molar-refractivity contribution in [2.45, 2.75) is 38.7 Å². The van der Waals surface area contributed by atoms with Gasteiger partial charge < -0.3 is 19.9 Å². The van der Waals surface area contributed by atoms with Gasteiger partial charge in [-0.05, 0) is 41.5 Å². The van der Waals surface area contributed by atoms with Gasteiger partial charge in [-0.15, -0.1) is 0 Å².